The van der Waals surface area contributed by atoms with Crippen LogP contribution in [0.15, 0.2) is 0 Å². The van der Waals surface area contributed by atoms with E-state index in [1.54, 1.807) is 0 Å². The monoisotopic (exact) mass is 273 g/mol. The van der Waals surface area contributed by atoms with Gasteiger partial charge in [0.2, 0.25) is 0 Å². The third-order valence-electron chi connectivity index (χ3n) is 3.59. The molecule has 0 amide bonds. The molecule has 1 atom stereocenters. The van der Waals surface area contributed by atoms with E-state index in [0.29, 0.717) is 31.8 Å². The van der Waals surface area contributed by atoms with Crippen LogP contribution in [0.1, 0.15) is 46.5 Å². The van der Waals surface area contributed by atoms with E-state index >= 15 is 0 Å². The average molecular weight is 273 g/mol. The predicted octanol–water partition coefficient (Wildman–Crippen LogP) is 1.96. The molecule has 114 valence electrons. The van der Waals surface area contributed by atoms with Crippen LogP contribution >= 0.6 is 0 Å². The number of unbranched alkanes of at least 4 members (excludes halogenated alkanes) is 1. The highest BCUT2D eigenvalue weighted by Gasteiger charge is 2.45. The quantitative estimate of drug-likeness (QED) is 0.534. The second-order valence-corrected chi connectivity index (χ2v) is 5.91. The van der Waals surface area contributed by atoms with E-state index in [1.165, 1.54) is 12.8 Å². The van der Waals surface area contributed by atoms with Crippen molar-refractivity contribution >= 4 is 0 Å². The van der Waals surface area contributed by atoms with Crippen LogP contribution in [0.3, 0.4) is 0 Å². The number of hydrogen-bond acceptors (Lipinski definition) is 4. The molecule has 0 bridgehead atoms. The van der Waals surface area contributed by atoms with Crippen LogP contribution < -0.4 is 5.32 Å². The molecule has 1 unspecified atom stereocenters. The molecule has 1 aliphatic rings. The van der Waals surface area contributed by atoms with Crippen molar-refractivity contribution in [3.05, 3.63) is 0 Å². The molecular formula is C15H31NO3. The minimum atomic E-state index is -0.252. The summed E-state index contributed by atoms with van der Waals surface area (Å²) in [5, 5.41) is 13.2. The van der Waals surface area contributed by atoms with Gasteiger partial charge in [0.05, 0.1) is 32.0 Å². The second kappa shape index (κ2) is 8.90. The minimum absolute atomic E-state index is 0.145. The maximum atomic E-state index is 9.73. The lowest BCUT2D eigenvalue weighted by atomic mass is 9.94. The average Bonchev–Trinajstić information content (AvgIpc) is 3.20. The predicted molar refractivity (Wildman–Crippen MR) is 77.4 cm³/mol. The third-order valence-corrected chi connectivity index (χ3v) is 3.59. The number of aliphatic hydroxyl groups is 1. The van der Waals surface area contributed by atoms with E-state index in [4.69, 9.17) is 9.47 Å². The topological polar surface area (TPSA) is 50.7 Å². The van der Waals surface area contributed by atoms with Crippen molar-refractivity contribution in [2.75, 3.05) is 33.0 Å². The summed E-state index contributed by atoms with van der Waals surface area (Å²) in [6.07, 6.45) is 4.65. The van der Waals surface area contributed by atoms with E-state index in [2.05, 4.69) is 26.1 Å². The number of rotatable bonds is 12. The molecule has 0 aromatic carbocycles. The Hall–Kier alpha value is -0.160. The van der Waals surface area contributed by atoms with Crippen molar-refractivity contribution in [2.24, 2.45) is 5.92 Å². The fraction of sp³-hybridized carbons (Fsp3) is 1.00. The van der Waals surface area contributed by atoms with Gasteiger partial charge in [-0.25, -0.2) is 0 Å². The molecule has 1 fully saturated rings. The Morgan fingerprint density at radius 2 is 1.89 bits per heavy atom. The van der Waals surface area contributed by atoms with E-state index in [1.807, 2.05) is 0 Å². The number of aliphatic hydroxyl groups excluding tert-OH is 1. The van der Waals surface area contributed by atoms with Gasteiger partial charge in [-0.1, -0.05) is 27.2 Å². The Morgan fingerprint density at radius 3 is 2.42 bits per heavy atom. The standard InChI is InChI=1S/C15H31NO3/c1-4-5-8-18-9-10-19-12-15(11-17,14-6-7-14)16-13(2)3/h13-14,16-17H,4-12H2,1-3H3. The third kappa shape index (κ3) is 6.21. The molecule has 0 aliphatic heterocycles. The van der Waals surface area contributed by atoms with Gasteiger partial charge in [-0.2, -0.15) is 0 Å². The molecule has 4 nitrogen and oxygen atoms in total. The fourth-order valence-electron chi connectivity index (χ4n) is 2.43. The van der Waals surface area contributed by atoms with Crippen LogP contribution in [0.25, 0.3) is 0 Å². The highest BCUT2D eigenvalue weighted by molar-refractivity contribution is 5.01. The van der Waals surface area contributed by atoms with Crippen LogP contribution in [-0.2, 0) is 9.47 Å². The fourth-order valence-corrected chi connectivity index (χ4v) is 2.43. The van der Waals surface area contributed by atoms with Gasteiger partial charge < -0.3 is 19.9 Å². The van der Waals surface area contributed by atoms with E-state index in [-0.39, 0.29) is 12.1 Å². The maximum Gasteiger partial charge on any atom is 0.0701 e. The Labute approximate surface area is 117 Å². The lowest BCUT2D eigenvalue weighted by Crippen LogP contribution is -2.56. The summed E-state index contributed by atoms with van der Waals surface area (Å²) in [6.45, 7) is 9.17. The first-order valence-electron chi connectivity index (χ1n) is 7.68. The minimum Gasteiger partial charge on any atom is -0.394 e. The zero-order valence-corrected chi connectivity index (χ0v) is 12.8. The van der Waals surface area contributed by atoms with Gasteiger partial charge in [-0.15, -0.1) is 0 Å². The molecule has 0 aromatic heterocycles. The van der Waals surface area contributed by atoms with Crippen LogP contribution in [-0.4, -0.2) is 49.7 Å². The van der Waals surface area contributed by atoms with Crippen LogP contribution in [0.4, 0.5) is 0 Å². The first kappa shape index (κ1) is 16.9. The van der Waals surface area contributed by atoms with Gasteiger partial charge in [0.25, 0.3) is 0 Å². The number of nitrogens with one attached hydrogen (secondary N) is 1. The Kier molecular flexibility index (Phi) is 7.91. The van der Waals surface area contributed by atoms with Crippen molar-refractivity contribution in [3.8, 4) is 0 Å². The lowest BCUT2D eigenvalue weighted by molar-refractivity contribution is -0.00746. The van der Waals surface area contributed by atoms with E-state index in [0.717, 1.165) is 19.4 Å². The van der Waals surface area contributed by atoms with Crippen LogP contribution in [0.5, 0.6) is 0 Å². The SMILES string of the molecule is CCCCOCCOCC(CO)(NC(C)C)C1CC1. The van der Waals surface area contributed by atoms with Gasteiger partial charge in [0.15, 0.2) is 0 Å². The maximum absolute atomic E-state index is 9.73. The molecule has 0 radical (unpaired) electrons. The lowest BCUT2D eigenvalue weighted by Gasteiger charge is -2.35. The molecule has 0 aromatic rings. The van der Waals surface area contributed by atoms with Crippen molar-refractivity contribution in [1.29, 1.82) is 0 Å². The number of ether oxygens (including phenoxy) is 2. The van der Waals surface area contributed by atoms with Gasteiger partial charge in [-0.3, -0.25) is 0 Å². The van der Waals surface area contributed by atoms with Crippen LogP contribution in [0, 0.1) is 5.92 Å². The summed E-state index contributed by atoms with van der Waals surface area (Å²) < 4.78 is 11.2. The van der Waals surface area contributed by atoms with Crippen molar-refractivity contribution in [1.82, 2.24) is 5.32 Å². The molecule has 4 heteroatoms. The molecular weight excluding hydrogens is 242 g/mol. The second-order valence-electron chi connectivity index (χ2n) is 5.91. The first-order valence-corrected chi connectivity index (χ1v) is 7.68. The first-order chi connectivity index (χ1) is 9.14. The molecule has 0 heterocycles. The summed E-state index contributed by atoms with van der Waals surface area (Å²) in [5.41, 5.74) is -0.252. The van der Waals surface area contributed by atoms with Gasteiger partial charge in [-0.05, 0) is 25.2 Å². The van der Waals surface area contributed by atoms with Gasteiger partial charge in [0, 0.05) is 12.6 Å². The van der Waals surface area contributed by atoms with Gasteiger partial charge >= 0.3 is 0 Å². The summed E-state index contributed by atoms with van der Waals surface area (Å²) in [7, 11) is 0. The molecule has 0 spiro atoms. The Bertz CT molecular complexity index is 231. The van der Waals surface area contributed by atoms with E-state index in [9.17, 15) is 5.11 Å². The molecule has 1 rings (SSSR count). The molecule has 2 N–H and O–H groups in total. The summed E-state index contributed by atoms with van der Waals surface area (Å²) in [5.74, 6) is 0.556. The Morgan fingerprint density at radius 1 is 1.21 bits per heavy atom. The summed E-state index contributed by atoms with van der Waals surface area (Å²) in [6, 6.07) is 0.358. The zero-order chi connectivity index (χ0) is 14.1. The van der Waals surface area contributed by atoms with Crippen LogP contribution in [0.2, 0.25) is 0 Å². The smallest absolute Gasteiger partial charge is 0.0701 e. The Balaban J connectivity index is 2.21. The number of hydrogen-bond donors (Lipinski definition) is 2. The van der Waals surface area contributed by atoms with E-state index < -0.39 is 0 Å². The molecule has 1 aliphatic carbocycles. The zero-order valence-electron chi connectivity index (χ0n) is 12.8. The van der Waals surface area contributed by atoms with Crippen molar-refractivity contribution in [3.63, 3.8) is 0 Å². The highest BCUT2D eigenvalue weighted by Crippen LogP contribution is 2.40. The van der Waals surface area contributed by atoms with Crippen molar-refractivity contribution in [2.45, 2.75) is 58.0 Å². The molecule has 19 heavy (non-hydrogen) atoms. The summed E-state index contributed by atoms with van der Waals surface area (Å²) >= 11 is 0. The largest absolute Gasteiger partial charge is 0.394 e. The normalized spacial score (nSPS) is 18.8. The van der Waals surface area contributed by atoms with Crippen molar-refractivity contribution < 1.29 is 14.6 Å². The molecule has 1 saturated carbocycles. The summed E-state index contributed by atoms with van der Waals surface area (Å²) in [4.78, 5) is 0. The van der Waals surface area contributed by atoms with Gasteiger partial charge in [0.1, 0.15) is 0 Å². The highest BCUT2D eigenvalue weighted by atomic mass is 16.5. The molecule has 0 saturated heterocycles.